The van der Waals surface area contributed by atoms with Crippen LogP contribution in [0.4, 0.5) is 0 Å². The largest absolute Gasteiger partial charge is 0.378 e. The summed E-state index contributed by atoms with van der Waals surface area (Å²) in [5.74, 6) is 0.0419. The van der Waals surface area contributed by atoms with Gasteiger partial charge in [0.25, 0.3) is 0 Å². The van der Waals surface area contributed by atoms with Crippen molar-refractivity contribution in [2.45, 2.75) is 64.1 Å². The Kier molecular flexibility index (Phi) is 4.13. The molecule has 0 spiro atoms. The van der Waals surface area contributed by atoms with E-state index >= 15 is 0 Å². The molecule has 1 aliphatic heterocycles. The van der Waals surface area contributed by atoms with E-state index in [-0.39, 0.29) is 30.5 Å². The molecule has 0 aromatic carbocycles. The van der Waals surface area contributed by atoms with Crippen LogP contribution in [0, 0.1) is 0 Å². The van der Waals surface area contributed by atoms with Gasteiger partial charge in [-0.2, -0.15) is 0 Å². The van der Waals surface area contributed by atoms with E-state index in [1.54, 1.807) is 4.90 Å². The van der Waals surface area contributed by atoms with Gasteiger partial charge in [0, 0.05) is 12.6 Å². The van der Waals surface area contributed by atoms with Gasteiger partial charge in [0.2, 0.25) is 11.8 Å². The lowest BCUT2D eigenvalue weighted by Crippen LogP contribution is -2.69. The Morgan fingerprint density at radius 1 is 1.26 bits per heavy atom. The molecule has 5 heteroatoms. The van der Waals surface area contributed by atoms with Crippen molar-refractivity contribution in [3.63, 3.8) is 0 Å². The van der Waals surface area contributed by atoms with Crippen LogP contribution in [0.1, 0.15) is 46.5 Å². The van der Waals surface area contributed by atoms with Crippen LogP contribution in [0.3, 0.4) is 0 Å². The highest BCUT2D eigenvalue weighted by Crippen LogP contribution is 2.32. The van der Waals surface area contributed by atoms with Crippen molar-refractivity contribution in [2.24, 2.45) is 0 Å². The molecule has 1 aliphatic carbocycles. The highest BCUT2D eigenvalue weighted by atomic mass is 16.5. The third-order valence-electron chi connectivity index (χ3n) is 4.48. The molecule has 0 bridgehead atoms. The number of amides is 2. The molecule has 5 nitrogen and oxygen atoms in total. The smallest absolute Gasteiger partial charge is 0.249 e. The average Bonchev–Trinajstić information content (AvgIpc) is 2.36. The summed E-state index contributed by atoms with van der Waals surface area (Å²) in [6.45, 7) is 6.79. The maximum absolute atomic E-state index is 12.6. The van der Waals surface area contributed by atoms with Crippen molar-refractivity contribution >= 4 is 11.8 Å². The molecule has 0 aromatic heterocycles. The molecule has 1 saturated carbocycles. The fourth-order valence-electron chi connectivity index (χ4n) is 3.05. The van der Waals surface area contributed by atoms with Crippen molar-refractivity contribution < 1.29 is 14.3 Å². The van der Waals surface area contributed by atoms with Crippen molar-refractivity contribution in [1.29, 1.82) is 0 Å². The Morgan fingerprint density at radius 3 is 2.42 bits per heavy atom. The molecule has 1 N–H and O–H groups in total. The quantitative estimate of drug-likeness (QED) is 0.811. The standard InChI is InChI=1S/C14H24N2O3/c1-4-14(5-2)13(18)16(9-12(17)15-14)10-7-11(8-10)19-6-3/h10-11H,4-9H2,1-3H3,(H,15,17). The minimum absolute atomic E-state index is 0.0387. The fourth-order valence-corrected chi connectivity index (χ4v) is 3.05. The molecule has 108 valence electrons. The second-order valence-corrected chi connectivity index (χ2v) is 5.47. The first kappa shape index (κ1) is 14.3. The Bertz CT molecular complexity index is 360. The van der Waals surface area contributed by atoms with Gasteiger partial charge in [-0.1, -0.05) is 13.8 Å². The fraction of sp³-hybridized carbons (Fsp3) is 0.857. The van der Waals surface area contributed by atoms with E-state index in [0.717, 1.165) is 12.8 Å². The summed E-state index contributed by atoms with van der Waals surface area (Å²) in [6.07, 6.45) is 3.26. The van der Waals surface area contributed by atoms with E-state index in [2.05, 4.69) is 5.32 Å². The van der Waals surface area contributed by atoms with Gasteiger partial charge in [0.05, 0.1) is 12.6 Å². The lowest BCUT2D eigenvalue weighted by Gasteiger charge is -2.49. The highest BCUT2D eigenvalue weighted by molar-refractivity contribution is 5.98. The number of hydrogen-bond acceptors (Lipinski definition) is 3. The third-order valence-corrected chi connectivity index (χ3v) is 4.48. The van der Waals surface area contributed by atoms with E-state index in [9.17, 15) is 9.59 Å². The van der Waals surface area contributed by atoms with Crippen LogP contribution in [0.5, 0.6) is 0 Å². The summed E-state index contributed by atoms with van der Waals surface area (Å²) >= 11 is 0. The van der Waals surface area contributed by atoms with Crippen molar-refractivity contribution in [3.05, 3.63) is 0 Å². The van der Waals surface area contributed by atoms with Crippen LogP contribution < -0.4 is 5.32 Å². The van der Waals surface area contributed by atoms with Gasteiger partial charge in [-0.05, 0) is 32.6 Å². The predicted octanol–water partition coefficient (Wildman–Crippen LogP) is 1.07. The number of ether oxygens (including phenoxy) is 1. The Morgan fingerprint density at radius 2 is 1.89 bits per heavy atom. The summed E-state index contributed by atoms with van der Waals surface area (Å²) < 4.78 is 5.53. The average molecular weight is 268 g/mol. The maximum Gasteiger partial charge on any atom is 0.249 e. The Balaban J connectivity index is 2.05. The first-order valence-electron chi connectivity index (χ1n) is 7.30. The predicted molar refractivity (Wildman–Crippen MR) is 71.6 cm³/mol. The zero-order valence-corrected chi connectivity index (χ0v) is 12.1. The number of carbonyl (C=O) groups excluding carboxylic acids is 2. The summed E-state index contributed by atoms with van der Waals surface area (Å²) in [7, 11) is 0. The Labute approximate surface area is 114 Å². The van der Waals surface area contributed by atoms with Gasteiger partial charge in [-0.25, -0.2) is 0 Å². The minimum atomic E-state index is -0.688. The molecule has 0 radical (unpaired) electrons. The van der Waals surface area contributed by atoms with Gasteiger partial charge in [0.15, 0.2) is 0 Å². The van der Waals surface area contributed by atoms with Crippen molar-refractivity contribution in [3.8, 4) is 0 Å². The van der Waals surface area contributed by atoms with Gasteiger partial charge in [-0.15, -0.1) is 0 Å². The molecule has 1 heterocycles. The summed E-state index contributed by atoms with van der Waals surface area (Å²) in [6, 6.07) is 0.174. The van der Waals surface area contributed by atoms with Gasteiger partial charge in [0.1, 0.15) is 5.54 Å². The molecular formula is C14H24N2O3. The topological polar surface area (TPSA) is 58.6 Å². The lowest BCUT2D eigenvalue weighted by atomic mass is 9.83. The number of piperazine rings is 1. The molecule has 19 heavy (non-hydrogen) atoms. The molecule has 1 saturated heterocycles. The van der Waals surface area contributed by atoms with Crippen molar-refractivity contribution in [1.82, 2.24) is 10.2 Å². The highest BCUT2D eigenvalue weighted by Gasteiger charge is 2.48. The second kappa shape index (κ2) is 5.49. The van der Waals surface area contributed by atoms with Crippen LogP contribution >= 0.6 is 0 Å². The number of nitrogens with one attached hydrogen (secondary N) is 1. The first-order valence-corrected chi connectivity index (χ1v) is 7.30. The normalized spacial score (nSPS) is 29.9. The number of rotatable bonds is 5. The van der Waals surface area contributed by atoms with E-state index in [0.29, 0.717) is 19.4 Å². The monoisotopic (exact) mass is 268 g/mol. The Hall–Kier alpha value is -1.10. The van der Waals surface area contributed by atoms with Crippen LogP contribution in [0.15, 0.2) is 0 Å². The van der Waals surface area contributed by atoms with Crippen LogP contribution in [0.25, 0.3) is 0 Å². The van der Waals surface area contributed by atoms with Crippen LogP contribution in [-0.2, 0) is 14.3 Å². The summed E-state index contributed by atoms with van der Waals surface area (Å²) in [4.78, 5) is 26.3. The summed E-state index contributed by atoms with van der Waals surface area (Å²) in [5, 5.41) is 2.89. The van der Waals surface area contributed by atoms with E-state index in [1.165, 1.54) is 0 Å². The van der Waals surface area contributed by atoms with Gasteiger partial charge < -0.3 is 15.0 Å². The zero-order valence-electron chi connectivity index (χ0n) is 12.1. The molecule has 0 atom stereocenters. The van der Waals surface area contributed by atoms with Crippen molar-refractivity contribution in [2.75, 3.05) is 13.2 Å². The molecule has 2 aliphatic rings. The lowest BCUT2D eigenvalue weighted by molar-refractivity contribution is -0.158. The van der Waals surface area contributed by atoms with Crippen LogP contribution in [-0.4, -0.2) is 47.6 Å². The maximum atomic E-state index is 12.6. The molecule has 2 amide bonds. The first-order chi connectivity index (χ1) is 9.06. The van der Waals surface area contributed by atoms with E-state index in [4.69, 9.17) is 4.74 Å². The molecular weight excluding hydrogens is 244 g/mol. The number of hydrogen-bond donors (Lipinski definition) is 1. The van der Waals surface area contributed by atoms with E-state index < -0.39 is 5.54 Å². The van der Waals surface area contributed by atoms with Crippen LogP contribution in [0.2, 0.25) is 0 Å². The molecule has 0 aromatic rings. The summed E-state index contributed by atoms with van der Waals surface area (Å²) in [5.41, 5.74) is -0.688. The third kappa shape index (κ3) is 2.48. The minimum Gasteiger partial charge on any atom is -0.378 e. The zero-order chi connectivity index (χ0) is 14.0. The number of carbonyl (C=O) groups is 2. The molecule has 0 unspecified atom stereocenters. The molecule has 2 fully saturated rings. The van der Waals surface area contributed by atoms with Gasteiger partial charge in [-0.3, -0.25) is 9.59 Å². The number of nitrogens with zero attached hydrogens (tertiary/aromatic N) is 1. The SMILES string of the molecule is CCOC1CC(N2CC(=O)NC(CC)(CC)C2=O)C1. The van der Waals surface area contributed by atoms with Gasteiger partial charge >= 0.3 is 0 Å². The second-order valence-electron chi connectivity index (χ2n) is 5.47. The molecule has 2 rings (SSSR count). The van der Waals surface area contributed by atoms with E-state index in [1.807, 2.05) is 20.8 Å².